The van der Waals surface area contributed by atoms with Crippen molar-refractivity contribution in [3.63, 3.8) is 0 Å². The Labute approximate surface area is 58.9 Å². The van der Waals surface area contributed by atoms with Gasteiger partial charge >= 0.3 is 0 Å². The summed E-state index contributed by atoms with van der Waals surface area (Å²) in [5, 5.41) is 3.24. The summed E-state index contributed by atoms with van der Waals surface area (Å²) in [6, 6.07) is 0.829. The summed E-state index contributed by atoms with van der Waals surface area (Å²) in [5.41, 5.74) is 0.842. The molecule has 9 heavy (non-hydrogen) atoms. The van der Waals surface area contributed by atoms with Gasteiger partial charge in [-0.05, 0) is 31.1 Å². The largest absolute Gasteiger partial charge is 0.298 e. The van der Waals surface area contributed by atoms with Crippen LogP contribution in [0, 0.1) is 5.41 Å². The third-order valence-electron chi connectivity index (χ3n) is 3.01. The smallest absolute Gasteiger partial charge is 0.0109 e. The van der Waals surface area contributed by atoms with Gasteiger partial charge in [0.05, 0.1) is 0 Å². The van der Waals surface area contributed by atoms with Crippen LogP contribution in [-0.4, -0.2) is 6.04 Å². The summed E-state index contributed by atoms with van der Waals surface area (Å²) >= 11 is 0. The maximum atomic E-state index is 3.24. The van der Waals surface area contributed by atoms with Crippen molar-refractivity contribution in [1.82, 2.24) is 5.09 Å². The van der Waals surface area contributed by atoms with Crippen LogP contribution in [0.15, 0.2) is 0 Å². The third kappa shape index (κ3) is 0.824. The Morgan fingerprint density at radius 1 is 1.33 bits per heavy atom. The molecule has 1 nitrogen and oxygen atoms in total. The Balaban J connectivity index is 1.82. The van der Waals surface area contributed by atoms with E-state index in [2.05, 4.69) is 14.5 Å². The zero-order valence-electron chi connectivity index (χ0n) is 5.69. The summed E-state index contributed by atoms with van der Waals surface area (Å²) in [4.78, 5) is 0. The van der Waals surface area contributed by atoms with Crippen LogP contribution in [0.5, 0.6) is 0 Å². The van der Waals surface area contributed by atoms with Crippen molar-refractivity contribution in [1.29, 1.82) is 0 Å². The molecule has 2 aliphatic rings. The van der Waals surface area contributed by atoms with Crippen molar-refractivity contribution >= 4 is 9.39 Å². The molecule has 2 heteroatoms. The van der Waals surface area contributed by atoms with Gasteiger partial charge in [-0.3, -0.25) is 5.09 Å². The van der Waals surface area contributed by atoms with Crippen molar-refractivity contribution in [3.05, 3.63) is 0 Å². The van der Waals surface area contributed by atoms with Crippen molar-refractivity contribution in [3.8, 4) is 0 Å². The van der Waals surface area contributed by atoms with Crippen LogP contribution >= 0.6 is 9.39 Å². The van der Waals surface area contributed by atoms with E-state index in [0.717, 1.165) is 11.5 Å². The summed E-state index contributed by atoms with van der Waals surface area (Å²) in [7, 11) is 2.61. The highest BCUT2D eigenvalue weighted by atomic mass is 31.0. The molecule has 0 heterocycles. The summed E-state index contributed by atoms with van der Waals surface area (Å²) in [6.07, 6.45) is 7.39. The van der Waals surface area contributed by atoms with E-state index in [1.807, 2.05) is 0 Å². The highest BCUT2D eigenvalue weighted by Gasteiger charge is 2.47. The van der Waals surface area contributed by atoms with Gasteiger partial charge in [0.15, 0.2) is 0 Å². The zero-order chi connectivity index (χ0) is 6.32. The lowest BCUT2D eigenvalue weighted by Crippen LogP contribution is -2.49. The monoisotopic (exact) mass is 143 g/mol. The van der Waals surface area contributed by atoms with Crippen LogP contribution in [0.3, 0.4) is 0 Å². The predicted molar refractivity (Wildman–Crippen MR) is 42.2 cm³/mol. The first-order valence-electron chi connectivity index (χ1n) is 3.81. The average Bonchev–Trinajstić information content (AvgIpc) is 1.59. The van der Waals surface area contributed by atoms with Crippen LogP contribution in [0.25, 0.3) is 0 Å². The van der Waals surface area contributed by atoms with Gasteiger partial charge in [0.1, 0.15) is 0 Å². The summed E-state index contributed by atoms with van der Waals surface area (Å²) < 4.78 is 0. The Hall–Kier alpha value is 0.390. The molecule has 2 rings (SSSR count). The molecule has 0 aromatic heterocycles. The van der Waals surface area contributed by atoms with Gasteiger partial charge in [-0.15, -0.1) is 0 Å². The summed E-state index contributed by atoms with van der Waals surface area (Å²) in [5.74, 6) is 0. The lowest BCUT2D eigenvalue weighted by Gasteiger charge is -2.54. The SMILES string of the molecule is PNC1CC2(CCC2)C1. The van der Waals surface area contributed by atoms with E-state index in [0.29, 0.717) is 0 Å². The van der Waals surface area contributed by atoms with Crippen molar-refractivity contribution in [2.24, 2.45) is 5.41 Å². The zero-order valence-corrected chi connectivity index (χ0v) is 6.84. The molecule has 2 saturated carbocycles. The van der Waals surface area contributed by atoms with E-state index >= 15 is 0 Å². The van der Waals surface area contributed by atoms with Gasteiger partial charge in [0.25, 0.3) is 0 Å². The fraction of sp³-hybridized carbons (Fsp3) is 1.00. The quantitative estimate of drug-likeness (QED) is 0.551. The van der Waals surface area contributed by atoms with E-state index in [-0.39, 0.29) is 0 Å². The predicted octanol–water partition coefficient (Wildman–Crippen LogP) is 1.70. The lowest BCUT2D eigenvalue weighted by atomic mass is 9.54. The molecule has 0 aromatic carbocycles. The first-order valence-corrected chi connectivity index (χ1v) is 4.39. The Morgan fingerprint density at radius 3 is 2.33 bits per heavy atom. The second kappa shape index (κ2) is 1.93. The maximum Gasteiger partial charge on any atom is 0.0109 e. The van der Waals surface area contributed by atoms with E-state index in [1.54, 1.807) is 0 Å². The Morgan fingerprint density at radius 2 is 2.00 bits per heavy atom. The van der Waals surface area contributed by atoms with Crippen molar-refractivity contribution in [2.45, 2.75) is 38.1 Å². The van der Waals surface area contributed by atoms with Gasteiger partial charge in [-0.25, -0.2) is 0 Å². The number of hydrogen-bond donors (Lipinski definition) is 1. The van der Waals surface area contributed by atoms with Crippen LogP contribution in [0.1, 0.15) is 32.1 Å². The van der Waals surface area contributed by atoms with Crippen LogP contribution in [0.2, 0.25) is 0 Å². The van der Waals surface area contributed by atoms with E-state index < -0.39 is 0 Å². The first-order chi connectivity index (χ1) is 4.35. The molecular weight excluding hydrogens is 129 g/mol. The normalized spacial score (nSPS) is 31.7. The molecule has 2 fully saturated rings. The van der Waals surface area contributed by atoms with E-state index in [4.69, 9.17) is 0 Å². The minimum atomic E-state index is 0.829. The number of hydrogen-bond acceptors (Lipinski definition) is 1. The van der Waals surface area contributed by atoms with Gasteiger partial charge < -0.3 is 0 Å². The summed E-state index contributed by atoms with van der Waals surface area (Å²) in [6.45, 7) is 0. The molecule has 1 atom stereocenters. The van der Waals surface area contributed by atoms with Crippen LogP contribution in [-0.2, 0) is 0 Å². The highest BCUT2D eigenvalue weighted by molar-refractivity contribution is 7.13. The molecule has 2 aliphatic carbocycles. The second-order valence-electron chi connectivity index (χ2n) is 3.63. The standard InChI is InChI=1S/C7H14NP/c9-8-6-4-7(5-6)2-1-3-7/h6,8H,1-5,9H2. The highest BCUT2D eigenvalue weighted by Crippen LogP contribution is 2.55. The van der Waals surface area contributed by atoms with Gasteiger partial charge in [-0.2, -0.15) is 0 Å². The minimum Gasteiger partial charge on any atom is -0.298 e. The topological polar surface area (TPSA) is 12.0 Å². The fourth-order valence-electron chi connectivity index (χ4n) is 2.19. The number of rotatable bonds is 1. The Kier molecular flexibility index (Phi) is 1.32. The maximum absolute atomic E-state index is 3.24. The molecule has 0 aromatic rings. The lowest BCUT2D eigenvalue weighted by molar-refractivity contribution is 0.00699. The fourth-order valence-corrected chi connectivity index (χ4v) is 2.42. The van der Waals surface area contributed by atoms with Crippen molar-refractivity contribution < 1.29 is 0 Å². The number of nitrogens with one attached hydrogen (secondary N) is 1. The average molecular weight is 143 g/mol. The molecule has 0 saturated heterocycles. The first kappa shape index (κ1) is 6.12. The minimum absolute atomic E-state index is 0.829. The van der Waals surface area contributed by atoms with Gasteiger partial charge in [0.2, 0.25) is 0 Å². The molecule has 0 aliphatic heterocycles. The van der Waals surface area contributed by atoms with Gasteiger partial charge in [0, 0.05) is 6.04 Å². The third-order valence-corrected chi connectivity index (χ3v) is 3.48. The molecule has 0 amide bonds. The molecule has 0 bridgehead atoms. The second-order valence-corrected chi connectivity index (χ2v) is 3.96. The van der Waals surface area contributed by atoms with Crippen LogP contribution in [0.4, 0.5) is 0 Å². The molecule has 1 unspecified atom stereocenters. The van der Waals surface area contributed by atoms with Gasteiger partial charge in [-0.1, -0.05) is 15.8 Å². The van der Waals surface area contributed by atoms with Crippen LogP contribution < -0.4 is 5.09 Å². The van der Waals surface area contributed by atoms with E-state index in [9.17, 15) is 0 Å². The molecule has 52 valence electrons. The Bertz CT molecular complexity index is 112. The molecule has 1 N–H and O–H groups in total. The molecule has 0 radical (unpaired) electrons. The molecular formula is C7H14NP. The molecule has 1 spiro atoms. The van der Waals surface area contributed by atoms with Crippen molar-refractivity contribution in [2.75, 3.05) is 0 Å². The van der Waals surface area contributed by atoms with E-state index in [1.165, 1.54) is 32.1 Å².